The Hall–Kier alpha value is -4.73. The zero-order valence-electron chi connectivity index (χ0n) is 18.8. The molecule has 2 aromatic carbocycles. The SMILES string of the molecule is Cn1cncc1-c1nc2cc(-c3cnc(N)nc3)ccc2n1-c1ccc2c(c1)n(C)c(=O)n2C. The maximum absolute atomic E-state index is 12.5. The first kappa shape index (κ1) is 19.9. The van der Waals surface area contributed by atoms with Gasteiger partial charge in [0.25, 0.3) is 0 Å². The first-order valence-electron chi connectivity index (χ1n) is 10.7. The molecule has 10 nitrogen and oxygen atoms in total. The van der Waals surface area contributed by atoms with Crippen molar-refractivity contribution in [3.05, 3.63) is 71.8 Å². The van der Waals surface area contributed by atoms with Gasteiger partial charge in [0.1, 0.15) is 5.69 Å². The van der Waals surface area contributed by atoms with Crippen LogP contribution in [0.4, 0.5) is 5.95 Å². The maximum Gasteiger partial charge on any atom is 0.328 e. The van der Waals surface area contributed by atoms with Crippen LogP contribution >= 0.6 is 0 Å². The van der Waals surface area contributed by atoms with Crippen molar-refractivity contribution in [1.82, 2.24) is 38.2 Å². The van der Waals surface area contributed by atoms with Gasteiger partial charge in [-0.3, -0.25) is 13.7 Å². The number of anilines is 1. The molecule has 168 valence electrons. The molecule has 0 radical (unpaired) electrons. The largest absolute Gasteiger partial charge is 0.368 e. The van der Waals surface area contributed by atoms with Gasteiger partial charge in [-0.15, -0.1) is 0 Å². The summed E-state index contributed by atoms with van der Waals surface area (Å²) in [5, 5.41) is 0. The Bertz CT molecular complexity index is 1770. The van der Waals surface area contributed by atoms with Gasteiger partial charge in [-0.2, -0.15) is 0 Å². The molecule has 10 heteroatoms. The highest BCUT2D eigenvalue weighted by Crippen LogP contribution is 2.32. The van der Waals surface area contributed by atoms with Gasteiger partial charge in [-0.25, -0.2) is 24.7 Å². The molecule has 0 bridgehead atoms. The number of nitrogen functional groups attached to an aromatic ring is 1. The van der Waals surface area contributed by atoms with Crippen LogP contribution in [0.1, 0.15) is 0 Å². The van der Waals surface area contributed by atoms with Crippen LogP contribution in [0.15, 0.2) is 66.1 Å². The predicted molar refractivity (Wildman–Crippen MR) is 130 cm³/mol. The number of hydrogen-bond acceptors (Lipinski definition) is 6. The monoisotopic (exact) mass is 451 g/mol. The van der Waals surface area contributed by atoms with Gasteiger partial charge >= 0.3 is 5.69 Å². The van der Waals surface area contributed by atoms with Gasteiger partial charge in [0.2, 0.25) is 5.95 Å². The van der Waals surface area contributed by atoms with E-state index < -0.39 is 0 Å². The zero-order valence-corrected chi connectivity index (χ0v) is 18.8. The molecule has 0 amide bonds. The van der Waals surface area contributed by atoms with Gasteiger partial charge < -0.3 is 10.3 Å². The fourth-order valence-corrected chi connectivity index (χ4v) is 4.39. The van der Waals surface area contributed by atoms with Crippen molar-refractivity contribution < 1.29 is 0 Å². The number of benzene rings is 2. The predicted octanol–water partition coefficient (Wildman–Crippen LogP) is 2.66. The molecule has 34 heavy (non-hydrogen) atoms. The van der Waals surface area contributed by atoms with Crippen molar-refractivity contribution >= 4 is 28.0 Å². The molecule has 4 heterocycles. The average molecular weight is 451 g/mol. The number of aryl methyl sites for hydroxylation is 3. The minimum atomic E-state index is -0.0649. The summed E-state index contributed by atoms with van der Waals surface area (Å²) in [5.41, 5.74) is 12.6. The van der Waals surface area contributed by atoms with Crippen molar-refractivity contribution in [2.24, 2.45) is 21.1 Å². The van der Waals surface area contributed by atoms with Gasteiger partial charge in [0.15, 0.2) is 5.82 Å². The Morgan fingerprint density at radius 2 is 1.56 bits per heavy atom. The molecule has 0 fully saturated rings. The Balaban J connectivity index is 1.63. The number of imidazole rings is 3. The first-order valence-corrected chi connectivity index (χ1v) is 10.7. The molecule has 0 unspecified atom stereocenters. The number of hydrogen-bond donors (Lipinski definition) is 1. The second-order valence-corrected chi connectivity index (χ2v) is 8.27. The smallest absolute Gasteiger partial charge is 0.328 e. The third kappa shape index (κ3) is 2.85. The summed E-state index contributed by atoms with van der Waals surface area (Å²) < 4.78 is 7.32. The zero-order chi connectivity index (χ0) is 23.6. The number of fused-ring (bicyclic) bond motifs is 2. The van der Waals surface area contributed by atoms with Crippen LogP contribution < -0.4 is 11.4 Å². The number of nitrogens with zero attached hydrogens (tertiary/aromatic N) is 8. The topological polar surface area (TPSA) is 114 Å². The van der Waals surface area contributed by atoms with E-state index in [2.05, 4.69) is 19.5 Å². The van der Waals surface area contributed by atoms with E-state index in [0.717, 1.165) is 50.4 Å². The maximum atomic E-state index is 12.5. The van der Waals surface area contributed by atoms with Gasteiger partial charge in [0, 0.05) is 44.8 Å². The van der Waals surface area contributed by atoms with Crippen LogP contribution in [0.2, 0.25) is 0 Å². The number of rotatable bonds is 3. The van der Waals surface area contributed by atoms with Crippen LogP contribution in [-0.4, -0.2) is 38.2 Å². The minimum absolute atomic E-state index is 0.0649. The van der Waals surface area contributed by atoms with Crippen LogP contribution in [0.3, 0.4) is 0 Å². The lowest BCUT2D eigenvalue weighted by Crippen LogP contribution is -2.19. The van der Waals surface area contributed by atoms with E-state index in [0.29, 0.717) is 0 Å². The first-order chi connectivity index (χ1) is 16.4. The van der Waals surface area contributed by atoms with E-state index >= 15 is 0 Å². The normalized spacial score (nSPS) is 11.6. The Morgan fingerprint density at radius 1 is 0.824 bits per heavy atom. The van der Waals surface area contributed by atoms with Crippen molar-refractivity contribution in [2.45, 2.75) is 0 Å². The third-order valence-corrected chi connectivity index (χ3v) is 6.22. The van der Waals surface area contributed by atoms with Crippen LogP contribution in [0, 0.1) is 0 Å². The molecule has 0 saturated heterocycles. The molecule has 0 saturated carbocycles. The highest BCUT2D eigenvalue weighted by atomic mass is 16.1. The fraction of sp³-hybridized carbons (Fsp3) is 0.125. The molecule has 4 aromatic heterocycles. The Kier molecular flexibility index (Phi) is 4.18. The van der Waals surface area contributed by atoms with E-state index in [1.807, 2.05) is 48.0 Å². The molecule has 0 aliphatic carbocycles. The number of nitrogens with two attached hydrogens (primary N) is 1. The highest BCUT2D eigenvalue weighted by molar-refractivity contribution is 5.88. The van der Waals surface area contributed by atoms with Gasteiger partial charge in [-0.05, 0) is 35.9 Å². The Labute approximate surface area is 193 Å². The van der Waals surface area contributed by atoms with E-state index in [1.165, 1.54) is 0 Å². The summed E-state index contributed by atoms with van der Waals surface area (Å²) in [5.74, 6) is 0.985. The van der Waals surface area contributed by atoms with Crippen molar-refractivity contribution in [2.75, 3.05) is 5.73 Å². The van der Waals surface area contributed by atoms with E-state index in [1.54, 1.807) is 48.1 Å². The summed E-state index contributed by atoms with van der Waals surface area (Å²) >= 11 is 0. The lowest BCUT2D eigenvalue weighted by molar-refractivity contribution is 0.795. The highest BCUT2D eigenvalue weighted by Gasteiger charge is 2.19. The second-order valence-electron chi connectivity index (χ2n) is 8.27. The minimum Gasteiger partial charge on any atom is -0.368 e. The molecule has 0 atom stereocenters. The molecular formula is C24H21N9O. The molecule has 0 aliphatic heterocycles. The van der Waals surface area contributed by atoms with E-state index in [9.17, 15) is 4.79 Å². The fourth-order valence-electron chi connectivity index (χ4n) is 4.39. The molecule has 6 aromatic rings. The lowest BCUT2D eigenvalue weighted by atomic mass is 10.1. The standard InChI is InChI=1S/C24H21N9O/c1-30-13-26-12-21(30)22-29-17-8-14(15-10-27-23(25)28-11-15)4-6-18(17)33(22)16-5-7-19-20(9-16)32(3)24(34)31(19)2/h4-13H,1-3H3,(H2,25,27,28). The van der Waals surface area contributed by atoms with Gasteiger partial charge in [0.05, 0.1) is 34.6 Å². The van der Waals surface area contributed by atoms with E-state index in [-0.39, 0.29) is 11.6 Å². The van der Waals surface area contributed by atoms with Crippen molar-refractivity contribution in [1.29, 1.82) is 0 Å². The molecule has 0 spiro atoms. The molecule has 2 N–H and O–H groups in total. The summed E-state index contributed by atoms with van der Waals surface area (Å²) in [6, 6.07) is 12.0. The molecular weight excluding hydrogens is 430 g/mol. The quantitative estimate of drug-likeness (QED) is 0.442. The van der Waals surface area contributed by atoms with Crippen molar-refractivity contribution in [3.63, 3.8) is 0 Å². The van der Waals surface area contributed by atoms with E-state index in [4.69, 9.17) is 10.7 Å². The number of aromatic nitrogens is 8. The lowest BCUT2D eigenvalue weighted by Gasteiger charge is -2.11. The summed E-state index contributed by atoms with van der Waals surface area (Å²) in [6.45, 7) is 0. The summed E-state index contributed by atoms with van der Waals surface area (Å²) in [4.78, 5) is 29.9. The summed E-state index contributed by atoms with van der Waals surface area (Å²) in [7, 11) is 5.50. The van der Waals surface area contributed by atoms with Crippen LogP contribution in [0.5, 0.6) is 0 Å². The molecule has 6 rings (SSSR count). The van der Waals surface area contributed by atoms with Crippen LogP contribution in [-0.2, 0) is 21.1 Å². The van der Waals surface area contributed by atoms with Crippen LogP contribution in [0.25, 0.3) is 50.4 Å². The van der Waals surface area contributed by atoms with Gasteiger partial charge in [-0.1, -0.05) is 6.07 Å². The second kappa shape index (κ2) is 7.14. The van der Waals surface area contributed by atoms with Crippen molar-refractivity contribution in [3.8, 4) is 28.3 Å². The summed E-state index contributed by atoms with van der Waals surface area (Å²) in [6.07, 6.45) is 6.95. The Morgan fingerprint density at radius 3 is 2.29 bits per heavy atom. The molecule has 0 aliphatic rings. The third-order valence-electron chi connectivity index (χ3n) is 6.22. The average Bonchev–Trinajstić information content (AvgIpc) is 3.50.